The number of halogens is 3. The van der Waals surface area contributed by atoms with Crippen LogP contribution in [0.25, 0.3) is 0 Å². The van der Waals surface area contributed by atoms with Crippen molar-refractivity contribution in [1.82, 2.24) is 0 Å². The molecule has 0 aromatic carbocycles. The van der Waals surface area contributed by atoms with E-state index in [1.165, 1.54) is 5.57 Å². The van der Waals surface area contributed by atoms with Gasteiger partial charge in [0.2, 0.25) is 0 Å². The molecule has 0 radical (unpaired) electrons. The molecule has 0 spiro atoms. The molecule has 0 fully saturated rings. The van der Waals surface area contributed by atoms with Gasteiger partial charge in [-0.2, -0.15) is 0 Å². The summed E-state index contributed by atoms with van der Waals surface area (Å²) < 4.78 is 0.358. The van der Waals surface area contributed by atoms with Crippen molar-refractivity contribution in [2.75, 3.05) is 5.33 Å². The Morgan fingerprint density at radius 2 is 2.00 bits per heavy atom. The van der Waals surface area contributed by atoms with Crippen LogP contribution < -0.4 is 0 Å². The van der Waals surface area contributed by atoms with E-state index in [2.05, 4.69) is 28.9 Å². The number of hydrogen-bond acceptors (Lipinski definition) is 0. The largest absolute Gasteiger partial charge is 0.102 e. The maximum absolute atomic E-state index is 5.44. The van der Waals surface area contributed by atoms with E-state index in [0.717, 1.165) is 18.2 Å². The van der Waals surface area contributed by atoms with Crippen molar-refractivity contribution in [2.45, 2.75) is 19.8 Å². The highest BCUT2D eigenvalue weighted by Gasteiger charge is 1.88. The lowest BCUT2D eigenvalue weighted by molar-refractivity contribution is 0.975. The van der Waals surface area contributed by atoms with Crippen LogP contribution in [0.1, 0.15) is 19.8 Å². The summed E-state index contributed by atoms with van der Waals surface area (Å²) in [6.07, 6.45) is 5.89. The third-order valence-electron chi connectivity index (χ3n) is 1.26. The fraction of sp³-hybridized carbons (Fsp3) is 0.500. The standard InChI is InChI=1S/C8H11BrCl2/c1-7(5-6-9)3-2-4-8(10)11/h4-5H,2-3,6H2,1H3/b7-5+. The minimum Gasteiger partial charge on any atom is -0.0883 e. The predicted octanol–water partition coefficient (Wildman–Crippen LogP) is 4.43. The van der Waals surface area contributed by atoms with Crippen LogP contribution in [0.5, 0.6) is 0 Å². The third kappa shape index (κ3) is 8.45. The van der Waals surface area contributed by atoms with Crippen LogP contribution in [0.4, 0.5) is 0 Å². The normalized spacial score (nSPS) is 11.5. The van der Waals surface area contributed by atoms with Crippen molar-refractivity contribution in [2.24, 2.45) is 0 Å². The van der Waals surface area contributed by atoms with Gasteiger partial charge in [0.25, 0.3) is 0 Å². The molecule has 0 aliphatic carbocycles. The highest BCUT2D eigenvalue weighted by molar-refractivity contribution is 9.09. The Labute approximate surface area is 86.4 Å². The molecule has 0 aromatic heterocycles. The molecule has 0 unspecified atom stereocenters. The van der Waals surface area contributed by atoms with Crippen molar-refractivity contribution in [1.29, 1.82) is 0 Å². The molecular weight excluding hydrogens is 247 g/mol. The maximum Gasteiger partial charge on any atom is 0.102 e. The zero-order chi connectivity index (χ0) is 8.69. The van der Waals surface area contributed by atoms with E-state index in [4.69, 9.17) is 23.2 Å². The number of allylic oxidation sites excluding steroid dienone is 3. The molecule has 0 heterocycles. The second-order valence-corrected chi connectivity index (χ2v) is 3.89. The lowest BCUT2D eigenvalue weighted by Gasteiger charge is -1.95. The van der Waals surface area contributed by atoms with E-state index in [1.54, 1.807) is 0 Å². The van der Waals surface area contributed by atoms with Crippen molar-refractivity contribution < 1.29 is 0 Å². The summed E-state index contributed by atoms with van der Waals surface area (Å²) in [5, 5.41) is 0.914. The highest BCUT2D eigenvalue weighted by Crippen LogP contribution is 2.11. The van der Waals surface area contributed by atoms with E-state index < -0.39 is 0 Å². The SMILES string of the molecule is C/C(=C\CBr)CCC=C(Cl)Cl. The fourth-order valence-electron chi connectivity index (χ4n) is 0.643. The van der Waals surface area contributed by atoms with E-state index in [-0.39, 0.29) is 0 Å². The van der Waals surface area contributed by atoms with Crippen LogP contribution in [0.15, 0.2) is 22.2 Å². The molecule has 0 rings (SSSR count). The molecule has 0 aliphatic heterocycles. The number of rotatable bonds is 4. The summed E-state index contributed by atoms with van der Waals surface area (Å²) in [6.45, 7) is 2.09. The predicted molar refractivity (Wildman–Crippen MR) is 56.6 cm³/mol. The minimum absolute atomic E-state index is 0.358. The molecule has 0 amide bonds. The van der Waals surface area contributed by atoms with Crippen LogP contribution in [-0.4, -0.2) is 5.33 Å². The molecule has 11 heavy (non-hydrogen) atoms. The molecule has 0 atom stereocenters. The summed E-state index contributed by atoms with van der Waals surface area (Å²) in [6, 6.07) is 0. The van der Waals surface area contributed by atoms with Gasteiger partial charge in [-0.15, -0.1) is 0 Å². The zero-order valence-corrected chi connectivity index (χ0v) is 9.51. The Kier molecular flexibility index (Phi) is 7.56. The van der Waals surface area contributed by atoms with Crippen LogP contribution in [0, 0.1) is 0 Å². The van der Waals surface area contributed by atoms with E-state index >= 15 is 0 Å². The Hall–Kier alpha value is 0.540. The van der Waals surface area contributed by atoms with Crippen molar-refractivity contribution in [3.05, 3.63) is 22.2 Å². The lowest BCUT2D eigenvalue weighted by Crippen LogP contribution is -1.76. The first-order chi connectivity index (χ1) is 5.16. The molecular formula is C8H11BrCl2. The van der Waals surface area contributed by atoms with Crippen molar-refractivity contribution in [3.63, 3.8) is 0 Å². The summed E-state index contributed by atoms with van der Waals surface area (Å²) in [7, 11) is 0. The molecule has 0 nitrogen and oxygen atoms in total. The minimum atomic E-state index is 0.358. The monoisotopic (exact) mass is 256 g/mol. The van der Waals surface area contributed by atoms with Gasteiger partial charge >= 0.3 is 0 Å². The first-order valence-electron chi connectivity index (χ1n) is 3.39. The zero-order valence-electron chi connectivity index (χ0n) is 6.41. The van der Waals surface area contributed by atoms with Gasteiger partial charge in [-0.1, -0.05) is 56.9 Å². The highest BCUT2D eigenvalue weighted by atomic mass is 79.9. The van der Waals surface area contributed by atoms with E-state index in [0.29, 0.717) is 4.49 Å². The molecule has 0 N–H and O–H groups in total. The van der Waals surface area contributed by atoms with Crippen molar-refractivity contribution >= 4 is 39.1 Å². The maximum atomic E-state index is 5.44. The first kappa shape index (κ1) is 11.5. The van der Waals surface area contributed by atoms with Crippen LogP contribution >= 0.6 is 39.1 Å². The van der Waals surface area contributed by atoms with Gasteiger partial charge in [0.05, 0.1) is 0 Å². The Morgan fingerprint density at radius 1 is 1.36 bits per heavy atom. The van der Waals surface area contributed by atoms with E-state index in [1.807, 2.05) is 6.08 Å². The average Bonchev–Trinajstić information content (AvgIpc) is 1.87. The Bertz CT molecular complexity index is 157. The van der Waals surface area contributed by atoms with Gasteiger partial charge in [-0.3, -0.25) is 0 Å². The Morgan fingerprint density at radius 3 is 2.45 bits per heavy atom. The van der Waals surface area contributed by atoms with Gasteiger partial charge in [0.1, 0.15) is 4.49 Å². The molecule has 0 aromatic rings. The van der Waals surface area contributed by atoms with Crippen molar-refractivity contribution in [3.8, 4) is 0 Å². The number of hydrogen-bond donors (Lipinski definition) is 0. The van der Waals surface area contributed by atoms with Gasteiger partial charge in [-0.25, -0.2) is 0 Å². The quantitative estimate of drug-likeness (QED) is 0.517. The van der Waals surface area contributed by atoms with Gasteiger partial charge in [0, 0.05) is 5.33 Å². The summed E-state index contributed by atoms with van der Waals surface area (Å²) in [5.74, 6) is 0. The molecule has 0 bridgehead atoms. The lowest BCUT2D eigenvalue weighted by atomic mass is 10.1. The van der Waals surface area contributed by atoms with Gasteiger partial charge in [-0.05, 0) is 19.8 Å². The average molecular weight is 258 g/mol. The molecule has 3 heteroatoms. The third-order valence-corrected chi connectivity index (χ3v) is 1.90. The topological polar surface area (TPSA) is 0 Å². The second-order valence-electron chi connectivity index (χ2n) is 2.24. The Balaban J connectivity index is 3.54. The van der Waals surface area contributed by atoms with Crippen LogP contribution in [-0.2, 0) is 0 Å². The molecule has 64 valence electrons. The number of alkyl halides is 1. The summed E-state index contributed by atoms with van der Waals surface area (Å²) >= 11 is 14.2. The summed E-state index contributed by atoms with van der Waals surface area (Å²) in [5.41, 5.74) is 1.35. The van der Waals surface area contributed by atoms with Crippen LogP contribution in [0.2, 0.25) is 0 Å². The molecule has 0 aliphatic rings. The fourth-order valence-corrected chi connectivity index (χ4v) is 1.41. The second kappa shape index (κ2) is 7.20. The first-order valence-corrected chi connectivity index (χ1v) is 5.27. The van der Waals surface area contributed by atoms with Gasteiger partial charge in [0.15, 0.2) is 0 Å². The molecule has 0 saturated carbocycles. The summed E-state index contributed by atoms with van der Waals surface area (Å²) in [4.78, 5) is 0. The smallest absolute Gasteiger partial charge is 0.0883 e. The van der Waals surface area contributed by atoms with E-state index in [9.17, 15) is 0 Å². The van der Waals surface area contributed by atoms with Crippen LogP contribution in [0.3, 0.4) is 0 Å². The van der Waals surface area contributed by atoms with Gasteiger partial charge < -0.3 is 0 Å². The molecule has 0 saturated heterocycles.